The third-order valence-electron chi connectivity index (χ3n) is 5.43. The van der Waals surface area contributed by atoms with Gasteiger partial charge >= 0.3 is 6.18 Å². The number of amides is 2. The minimum absolute atomic E-state index is 0.109. The molecule has 8 heteroatoms. The second kappa shape index (κ2) is 7.50. The highest BCUT2D eigenvalue weighted by molar-refractivity contribution is 5.99. The predicted molar refractivity (Wildman–Crippen MR) is 99.9 cm³/mol. The molecule has 0 aliphatic carbocycles. The Morgan fingerprint density at radius 3 is 2.76 bits per heavy atom. The first-order chi connectivity index (χ1) is 13.8. The maximum atomic E-state index is 13.1. The van der Waals surface area contributed by atoms with Crippen LogP contribution < -0.4 is 4.90 Å². The van der Waals surface area contributed by atoms with Gasteiger partial charge in [-0.2, -0.15) is 13.2 Å². The molecule has 5 nitrogen and oxygen atoms in total. The summed E-state index contributed by atoms with van der Waals surface area (Å²) >= 11 is 0. The number of aryl methyl sites for hydroxylation is 1. The largest absolute Gasteiger partial charge is 0.416 e. The van der Waals surface area contributed by atoms with E-state index in [1.807, 2.05) is 12.1 Å². The quantitative estimate of drug-likeness (QED) is 0.789. The number of halogens is 3. The van der Waals surface area contributed by atoms with Crippen molar-refractivity contribution in [2.45, 2.75) is 32.0 Å². The lowest BCUT2D eigenvalue weighted by Crippen LogP contribution is -2.40. The number of nitrogens with zero attached hydrogens (tertiary/aromatic N) is 3. The molecule has 29 heavy (non-hydrogen) atoms. The van der Waals surface area contributed by atoms with Gasteiger partial charge in [-0.25, -0.2) is 0 Å². The molecule has 0 bridgehead atoms. The molecule has 1 fully saturated rings. The van der Waals surface area contributed by atoms with E-state index in [0.29, 0.717) is 43.7 Å². The summed E-state index contributed by atoms with van der Waals surface area (Å²) in [4.78, 5) is 32.8. The van der Waals surface area contributed by atoms with E-state index in [0.717, 1.165) is 17.8 Å². The van der Waals surface area contributed by atoms with Gasteiger partial charge < -0.3 is 9.80 Å². The third kappa shape index (κ3) is 3.97. The van der Waals surface area contributed by atoms with E-state index in [-0.39, 0.29) is 18.2 Å². The van der Waals surface area contributed by atoms with Gasteiger partial charge in [0.2, 0.25) is 11.8 Å². The Bertz CT molecular complexity index is 931. The molecule has 4 rings (SSSR count). The number of carbonyl (C=O) groups is 2. The summed E-state index contributed by atoms with van der Waals surface area (Å²) in [6.45, 7) is 1.08. The van der Waals surface area contributed by atoms with Crippen LogP contribution in [0.3, 0.4) is 0 Å². The Morgan fingerprint density at radius 1 is 1.21 bits per heavy atom. The first-order valence-electron chi connectivity index (χ1n) is 9.52. The normalized spacial score (nSPS) is 19.4. The average molecular weight is 403 g/mol. The van der Waals surface area contributed by atoms with E-state index in [2.05, 4.69) is 4.98 Å². The summed E-state index contributed by atoms with van der Waals surface area (Å²) in [5.74, 6) is -0.819. The number of hydrogen-bond acceptors (Lipinski definition) is 3. The van der Waals surface area contributed by atoms with Crippen LogP contribution in [-0.2, 0) is 28.7 Å². The molecule has 2 aliphatic heterocycles. The van der Waals surface area contributed by atoms with Gasteiger partial charge in [0.25, 0.3) is 0 Å². The summed E-state index contributed by atoms with van der Waals surface area (Å²) < 4.78 is 39.0. The van der Waals surface area contributed by atoms with Gasteiger partial charge in [0.1, 0.15) is 0 Å². The molecule has 0 N–H and O–H groups in total. The van der Waals surface area contributed by atoms with Crippen molar-refractivity contribution in [3.63, 3.8) is 0 Å². The smallest absolute Gasteiger partial charge is 0.336 e. The van der Waals surface area contributed by atoms with Crippen LogP contribution in [0.1, 0.15) is 29.7 Å². The van der Waals surface area contributed by atoms with Crippen molar-refractivity contribution in [3.05, 3.63) is 59.4 Å². The van der Waals surface area contributed by atoms with Crippen LogP contribution in [0.4, 0.5) is 18.9 Å². The summed E-state index contributed by atoms with van der Waals surface area (Å²) in [5.41, 5.74) is 1.08. The van der Waals surface area contributed by atoms with Crippen LogP contribution in [0, 0.1) is 5.92 Å². The Morgan fingerprint density at radius 2 is 2.03 bits per heavy atom. The number of hydrogen-bond donors (Lipinski definition) is 0. The maximum absolute atomic E-state index is 13.1. The zero-order chi connectivity index (χ0) is 20.6. The lowest BCUT2D eigenvalue weighted by atomic mass is 9.97. The zero-order valence-corrected chi connectivity index (χ0v) is 15.7. The fraction of sp³-hybridized carbons (Fsp3) is 0.381. The molecule has 0 radical (unpaired) electrons. The fourth-order valence-corrected chi connectivity index (χ4v) is 4.00. The number of rotatable bonds is 3. The molecule has 0 spiro atoms. The molecule has 1 saturated heterocycles. The second-order valence-corrected chi connectivity index (χ2v) is 7.43. The van der Waals surface area contributed by atoms with Crippen LogP contribution in [0.2, 0.25) is 0 Å². The van der Waals surface area contributed by atoms with Crippen LogP contribution in [-0.4, -0.2) is 34.8 Å². The monoisotopic (exact) mass is 403 g/mol. The van der Waals surface area contributed by atoms with Crippen molar-refractivity contribution in [1.29, 1.82) is 0 Å². The molecule has 1 aromatic carbocycles. The molecule has 2 aliphatic rings. The van der Waals surface area contributed by atoms with E-state index in [1.54, 1.807) is 22.1 Å². The van der Waals surface area contributed by atoms with Gasteiger partial charge in [0, 0.05) is 31.4 Å². The van der Waals surface area contributed by atoms with Gasteiger partial charge in [-0.1, -0.05) is 6.07 Å². The topological polar surface area (TPSA) is 53.5 Å². The van der Waals surface area contributed by atoms with E-state index in [1.165, 1.54) is 6.07 Å². The van der Waals surface area contributed by atoms with Crippen LogP contribution in [0.15, 0.2) is 42.6 Å². The number of benzene rings is 1. The number of anilines is 1. The number of likely N-dealkylation sites (tertiary alicyclic amines) is 1. The SMILES string of the molecule is O=C1CC(C(=O)N2CCCc3cc(C(F)(F)F)ccc32)CN1Cc1ccccn1. The predicted octanol–water partition coefficient (Wildman–Crippen LogP) is 3.43. The standard InChI is InChI=1S/C21H20F3N3O2/c22-21(23,24)16-6-7-18-14(10-16)4-3-9-27(18)20(29)15-11-19(28)26(12-15)13-17-5-1-2-8-25-17/h1-2,5-8,10,15H,3-4,9,11-13H2. The molecular formula is C21H20F3N3O2. The van der Waals surface area contributed by atoms with E-state index >= 15 is 0 Å². The van der Waals surface area contributed by atoms with Crippen LogP contribution in [0.5, 0.6) is 0 Å². The third-order valence-corrected chi connectivity index (χ3v) is 5.43. The number of carbonyl (C=O) groups excluding carboxylic acids is 2. The van der Waals surface area contributed by atoms with E-state index < -0.39 is 17.7 Å². The Kier molecular flexibility index (Phi) is 5.02. The van der Waals surface area contributed by atoms with Gasteiger partial charge in [0.15, 0.2) is 0 Å². The van der Waals surface area contributed by atoms with Crippen molar-refractivity contribution >= 4 is 17.5 Å². The summed E-state index contributed by atoms with van der Waals surface area (Å²) in [6.07, 6.45) is -1.56. The summed E-state index contributed by atoms with van der Waals surface area (Å²) in [5, 5.41) is 0. The highest BCUT2D eigenvalue weighted by Crippen LogP contribution is 2.36. The maximum Gasteiger partial charge on any atom is 0.416 e. The highest BCUT2D eigenvalue weighted by atomic mass is 19.4. The second-order valence-electron chi connectivity index (χ2n) is 7.43. The van der Waals surface area contributed by atoms with Crippen molar-refractivity contribution in [2.24, 2.45) is 5.92 Å². The van der Waals surface area contributed by atoms with Gasteiger partial charge in [-0.3, -0.25) is 14.6 Å². The van der Waals surface area contributed by atoms with Gasteiger partial charge in [0.05, 0.1) is 23.7 Å². The lowest BCUT2D eigenvalue weighted by Gasteiger charge is -2.32. The first-order valence-corrected chi connectivity index (χ1v) is 9.52. The van der Waals surface area contributed by atoms with Crippen LogP contribution >= 0.6 is 0 Å². The van der Waals surface area contributed by atoms with Crippen molar-refractivity contribution in [2.75, 3.05) is 18.0 Å². The molecular weight excluding hydrogens is 383 g/mol. The lowest BCUT2D eigenvalue weighted by molar-refractivity contribution is -0.137. The first kappa shape index (κ1) is 19.4. The van der Waals surface area contributed by atoms with E-state index in [4.69, 9.17) is 0 Å². The number of aromatic nitrogens is 1. The van der Waals surface area contributed by atoms with Gasteiger partial charge in [-0.05, 0) is 48.7 Å². The van der Waals surface area contributed by atoms with Crippen molar-refractivity contribution in [3.8, 4) is 0 Å². The van der Waals surface area contributed by atoms with Crippen LogP contribution in [0.25, 0.3) is 0 Å². The minimum atomic E-state index is -4.41. The summed E-state index contributed by atoms with van der Waals surface area (Å²) in [7, 11) is 0. The Hall–Kier alpha value is -2.90. The molecule has 2 amide bonds. The molecule has 3 heterocycles. The molecule has 152 valence electrons. The Labute approximate surface area is 166 Å². The molecule has 1 unspecified atom stereocenters. The van der Waals surface area contributed by atoms with Gasteiger partial charge in [-0.15, -0.1) is 0 Å². The zero-order valence-electron chi connectivity index (χ0n) is 15.7. The van der Waals surface area contributed by atoms with Crippen molar-refractivity contribution < 1.29 is 22.8 Å². The number of fused-ring (bicyclic) bond motifs is 1. The summed E-state index contributed by atoms with van der Waals surface area (Å²) in [6, 6.07) is 8.96. The highest BCUT2D eigenvalue weighted by Gasteiger charge is 2.38. The number of alkyl halides is 3. The molecule has 1 aromatic heterocycles. The minimum Gasteiger partial charge on any atom is -0.336 e. The Balaban J connectivity index is 1.50. The van der Waals surface area contributed by atoms with E-state index in [9.17, 15) is 22.8 Å². The fourth-order valence-electron chi connectivity index (χ4n) is 4.00. The average Bonchev–Trinajstić information content (AvgIpc) is 3.07. The molecule has 1 atom stereocenters. The molecule has 0 saturated carbocycles. The number of pyridine rings is 1. The molecule has 2 aromatic rings. The van der Waals surface area contributed by atoms with Crippen molar-refractivity contribution in [1.82, 2.24) is 9.88 Å².